The lowest BCUT2D eigenvalue weighted by atomic mass is 9.93. The molecule has 0 saturated heterocycles. The number of Topliss-reactive ketones (excluding diaryl/α,β-unsaturated/α-hetero) is 1. The fourth-order valence-corrected chi connectivity index (χ4v) is 3.65. The number of para-hydroxylation sites is 3. The van der Waals surface area contributed by atoms with Gasteiger partial charge in [-0.2, -0.15) is 0 Å². The maximum absolute atomic E-state index is 11.3. The molecule has 5 rings (SSSR count). The number of carbonyl (C=O) groups excluding carboxylic acids is 1. The van der Waals surface area contributed by atoms with Crippen molar-refractivity contribution in [2.75, 3.05) is 5.32 Å². The molecular formula is C25H23N3O. The van der Waals surface area contributed by atoms with Crippen LogP contribution in [-0.4, -0.2) is 10.8 Å². The number of hydrogen-bond donors (Lipinski definition) is 2. The fraction of sp³-hybridized carbons (Fsp3) is 0.120. The fourth-order valence-electron chi connectivity index (χ4n) is 3.65. The van der Waals surface area contributed by atoms with E-state index in [0.717, 1.165) is 39.1 Å². The molecule has 0 unspecified atom stereocenters. The molecule has 29 heavy (non-hydrogen) atoms. The highest BCUT2D eigenvalue weighted by Gasteiger charge is 2.20. The van der Waals surface area contributed by atoms with Crippen LogP contribution in [0.3, 0.4) is 0 Å². The number of ketones is 1. The Morgan fingerprint density at radius 2 is 1.45 bits per heavy atom. The maximum Gasteiger partial charge on any atom is 0.161 e. The van der Waals surface area contributed by atoms with Crippen LogP contribution in [0.25, 0.3) is 10.9 Å². The van der Waals surface area contributed by atoms with E-state index in [-0.39, 0.29) is 11.8 Å². The Hall–Kier alpha value is -3.50. The normalized spacial score (nSPS) is 12.2. The third-order valence-electron chi connectivity index (χ3n) is 5.15. The van der Waals surface area contributed by atoms with E-state index in [0.29, 0.717) is 5.56 Å². The number of nitrogens with one attached hydrogen (secondary N) is 1. The topological polar surface area (TPSA) is 68.0 Å². The van der Waals surface area contributed by atoms with Gasteiger partial charge in [0.25, 0.3) is 0 Å². The number of pyridine rings is 1. The van der Waals surface area contributed by atoms with Crippen molar-refractivity contribution in [2.45, 2.75) is 19.9 Å². The number of aryl methyl sites for hydroxylation is 1. The van der Waals surface area contributed by atoms with Gasteiger partial charge in [-0.05, 0) is 49.2 Å². The quantitative estimate of drug-likeness (QED) is 0.425. The number of fused-ring (bicyclic) bond motifs is 3. The molecule has 0 fully saturated rings. The Labute approximate surface area is 170 Å². The van der Waals surface area contributed by atoms with Gasteiger partial charge in [-0.25, -0.2) is 0 Å². The van der Waals surface area contributed by atoms with E-state index in [2.05, 4.69) is 34.6 Å². The molecule has 1 aliphatic rings. The monoisotopic (exact) mass is 381 g/mol. The third-order valence-corrected chi connectivity index (χ3v) is 5.15. The van der Waals surface area contributed by atoms with E-state index < -0.39 is 0 Å². The van der Waals surface area contributed by atoms with Gasteiger partial charge in [0.2, 0.25) is 0 Å². The van der Waals surface area contributed by atoms with Crippen LogP contribution in [-0.2, 0) is 0 Å². The SMILES string of the molecule is CC(=O)c1cc2ccccc2nc1C.NC1c2ccccc2Nc2ccccc21. The molecule has 4 nitrogen and oxygen atoms in total. The molecule has 0 spiro atoms. The van der Waals surface area contributed by atoms with Crippen molar-refractivity contribution in [1.82, 2.24) is 4.98 Å². The lowest BCUT2D eigenvalue weighted by Gasteiger charge is -2.26. The number of nitrogens with two attached hydrogens (primary N) is 1. The first-order chi connectivity index (χ1) is 14.0. The van der Waals surface area contributed by atoms with Crippen LogP contribution in [0.2, 0.25) is 0 Å². The van der Waals surface area contributed by atoms with E-state index in [4.69, 9.17) is 5.73 Å². The van der Waals surface area contributed by atoms with Crippen molar-refractivity contribution in [3.63, 3.8) is 0 Å². The average Bonchev–Trinajstić information content (AvgIpc) is 2.74. The number of anilines is 2. The van der Waals surface area contributed by atoms with Crippen LogP contribution < -0.4 is 11.1 Å². The predicted molar refractivity (Wildman–Crippen MR) is 119 cm³/mol. The average molecular weight is 381 g/mol. The lowest BCUT2D eigenvalue weighted by Crippen LogP contribution is -2.19. The molecule has 3 aromatic carbocycles. The molecule has 0 radical (unpaired) electrons. The summed E-state index contributed by atoms with van der Waals surface area (Å²) < 4.78 is 0. The summed E-state index contributed by atoms with van der Waals surface area (Å²) in [5.74, 6) is 0.0701. The number of rotatable bonds is 1. The molecule has 4 aromatic rings. The standard InChI is InChI=1S/C13H12N2.C12H11NO/c14-13-9-5-1-3-7-11(9)15-12-8-4-2-6-10(12)13;1-8-11(9(2)14)7-10-5-3-4-6-12(10)13-8/h1-8,13,15H,14H2;3-7H,1-2H3. The number of benzene rings is 3. The number of nitrogens with zero attached hydrogens (tertiary/aromatic N) is 1. The van der Waals surface area contributed by atoms with E-state index in [1.54, 1.807) is 6.92 Å². The van der Waals surface area contributed by atoms with Crippen LogP contribution >= 0.6 is 0 Å². The maximum atomic E-state index is 11.3. The van der Waals surface area contributed by atoms with Gasteiger partial charge in [-0.3, -0.25) is 9.78 Å². The Bertz CT molecular complexity index is 1150. The molecule has 2 heterocycles. The molecule has 0 amide bonds. The van der Waals surface area contributed by atoms with Crippen molar-refractivity contribution < 1.29 is 4.79 Å². The lowest BCUT2D eigenvalue weighted by molar-refractivity contribution is 0.101. The Balaban J connectivity index is 0.000000142. The van der Waals surface area contributed by atoms with Gasteiger partial charge < -0.3 is 11.1 Å². The van der Waals surface area contributed by atoms with Gasteiger partial charge in [0, 0.05) is 28.0 Å². The highest BCUT2D eigenvalue weighted by Crippen LogP contribution is 2.37. The number of aromatic nitrogens is 1. The molecular weight excluding hydrogens is 358 g/mol. The zero-order chi connectivity index (χ0) is 20.4. The third kappa shape index (κ3) is 3.75. The summed E-state index contributed by atoms with van der Waals surface area (Å²) in [6.45, 7) is 3.43. The minimum Gasteiger partial charge on any atom is -0.355 e. The molecule has 0 aliphatic carbocycles. The summed E-state index contributed by atoms with van der Waals surface area (Å²) in [7, 11) is 0. The van der Waals surface area contributed by atoms with E-state index in [1.807, 2.05) is 61.5 Å². The van der Waals surface area contributed by atoms with Crippen molar-refractivity contribution in [1.29, 1.82) is 0 Å². The zero-order valence-electron chi connectivity index (χ0n) is 16.5. The minimum absolute atomic E-state index is 0.0151. The second kappa shape index (κ2) is 7.86. The van der Waals surface area contributed by atoms with Crippen molar-refractivity contribution >= 4 is 28.1 Å². The van der Waals surface area contributed by atoms with Gasteiger partial charge in [0.1, 0.15) is 0 Å². The number of hydrogen-bond acceptors (Lipinski definition) is 4. The zero-order valence-corrected chi connectivity index (χ0v) is 16.5. The van der Waals surface area contributed by atoms with Crippen LogP contribution in [0.5, 0.6) is 0 Å². The van der Waals surface area contributed by atoms with Crippen LogP contribution in [0.4, 0.5) is 11.4 Å². The largest absolute Gasteiger partial charge is 0.355 e. The second-order valence-electron chi connectivity index (χ2n) is 7.15. The van der Waals surface area contributed by atoms with Gasteiger partial charge in [-0.15, -0.1) is 0 Å². The van der Waals surface area contributed by atoms with E-state index in [9.17, 15) is 4.79 Å². The second-order valence-corrected chi connectivity index (χ2v) is 7.15. The molecule has 1 aromatic heterocycles. The molecule has 0 atom stereocenters. The van der Waals surface area contributed by atoms with Gasteiger partial charge in [0.15, 0.2) is 5.78 Å². The summed E-state index contributed by atoms with van der Waals surface area (Å²) in [5, 5.41) is 4.41. The first-order valence-electron chi connectivity index (χ1n) is 9.62. The summed E-state index contributed by atoms with van der Waals surface area (Å²) >= 11 is 0. The summed E-state index contributed by atoms with van der Waals surface area (Å²) in [5.41, 5.74) is 13.2. The Kier molecular flexibility index (Phi) is 5.10. The Morgan fingerprint density at radius 3 is 2.07 bits per heavy atom. The van der Waals surface area contributed by atoms with Gasteiger partial charge >= 0.3 is 0 Å². The smallest absolute Gasteiger partial charge is 0.161 e. The molecule has 1 aliphatic heterocycles. The first-order valence-corrected chi connectivity index (χ1v) is 9.62. The number of carbonyl (C=O) groups is 1. The summed E-state index contributed by atoms with van der Waals surface area (Å²) in [6.07, 6.45) is 0. The van der Waals surface area contributed by atoms with Gasteiger partial charge in [-0.1, -0.05) is 54.6 Å². The van der Waals surface area contributed by atoms with Crippen molar-refractivity contribution in [3.8, 4) is 0 Å². The molecule has 144 valence electrons. The molecule has 0 saturated carbocycles. The highest BCUT2D eigenvalue weighted by atomic mass is 16.1. The van der Waals surface area contributed by atoms with Gasteiger partial charge in [0.05, 0.1) is 11.6 Å². The minimum atomic E-state index is -0.0151. The van der Waals surface area contributed by atoms with E-state index in [1.165, 1.54) is 0 Å². The van der Waals surface area contributed by atoms with E-state index >= 15 is 0 Å². The van der Waals surface area contributed by atoms with Crippen LogP contribution in [0.1, 0.15) is 40.1 Å². The van der Waals surface area contributed by atoms with Crippen molar-refractivity contribution in [3.05, 3.63) is 101 Å². The highest BCUT2D eigenvalue weighted by molar-refractivity contribution is 5.98. The van der Waals surface area contributed by atoms with Crippen LogP contribution in [0.15, 0.2) is 78.9 Å². The summed E-state index contributed by atoms with van der Waals surface area (Å²) in [6, 6.07) is 26.1. The summed E-state index contributed by atoms with van der Waals surface area (Å²) in [4.78, 5) is 15.6. The molecule has 0 bridgehead atoms. The molecule has 3 N–H and O–H groups in total. The first kappa shape index (κ1) is 18.8. The Morgan fingerprint density at radius 1 is 0.897 bits per heavy atom. The molecule has 4 heteroatoms. The van der Waals surface area contributed by atoms with Crippen molar-refractivity contribution in [2.24, 2.45) is 5.73 Å². The van der Waals surface area contributed by atoms with Crippen LogP contribution in [0, 0.1) is 6.92 Å². The predicted octanol–water partition coefficient (Wildman–Crippen LogP) is 5.54.